The normalized spacial score (nSPS) is 13.6. The quantitative estimate of drug-likeness (QED) is 0.419. The summed E-state index contributed by atoms with van der Waals surface area (Å²) in [6.45, 7) is 2.11. The van der Waals surface area contributed by atoms with Gasteiger partial charge in [0.1, 0.15) is 5.69 Å². The summed E-state index contributed by atoms with van der Waals surface area (Å²) >= 11 is 6.62. The van der Waals surface area contributed by atoms with Crippen LogP contribution in [0.15, 0.2) is 49.1 Å². The Morgan fingerprint density at radius 3 is 2.41 bits per heavy atom. The van der Waals surface area contributed by atoms with E-state index in [1.807, 2.05) is 0 Å². The highest BCUT2D eigenvalue weighted by atomic mass is 35.5. The van der Waals surface area contributed by atoms with Crippen molar-refractivity contribution in [3.05, 3.63) is 76.6 Å². The molecule has 4 aromatic rings. The van der Waals surface area contributed by atoms with Crippen LogP contribution in [0.2, 0.25) is 5.02 Å². The molecule has 0 saturated heterocycles. The van der Waals surface area contributed by atoms with Crippen molar-refractivity contribution >= 4 is 22.5 Å². The van der Waals surface area contributed by atoms with E-state index in [9.17, 15) is 18.3 Å². The molecule has 3 heterocycles. The molecule has 0 fully saturated rings. The Morgan fingerprint density at radius 2 is 1.85 bits per heavy atom. The van der Waals surface area contributed by atoms with Crippen LogP contribution >= 0.6 is 11.6 Å². The van der Waals surface area contributed by atoms with E-state index in [-0.39, 0.29) is 22.2 Å². The largest absolute Gasteiger partial charge is 0.487 e. The van der Waals surface area contributed by atoms with Gasteiger partial charge in [-0.1, -0.05) is 23.7 Å². The van der Waals surface area contributed by atoms with Crippen molar-refractivity contribution in [2.75, 3.05) is 13.7 Å². The van der Waals surface area contributed by atoms with Crippen molar-refractivity contribution in [1.29, 1.82) is 0 Å². The van der Waals surface area contributed by atoms with Crippen molar-refractivity contribution < 1.29 is 27.8 Å². The topological polar surface area (TPSA) is 82.3 Å². The molecular weight excluding hydrogens is 473 g/mol. The maximum absolute atomic E-state index is 13.1. The molecule has 0 bridgehead atoms. The van der Waals surface area contributed by atoms with Crippen LogP contribution in [-0.2, 0) is 18.8 Å². The van der Waals surface area contributed by atoms with Gasteiger partial charge in [-0.25, -0.2) is 9.97 Å². The fourth-order valence-electron chi connectivity index (χ4n) is 3.76. The molecule has 1 atom stereocenters. The number of methoxy groups -OCH3 is 1. The van der Waals surface area contributed by atoms with Crippen molar-refractivity contribution in [2.24, 2.45) is 7.05 Å². The molecule has 0 radical (unpaired) electrons. The molecule has 0 spiro atoms. The fourth-order valence-corrected chi connectivity index (χ4v) is 4.05. The Kier molecular flexibility index (Phi) is 6.13. The van der Waals surface area contributed by atoms with E-state index in [4.69, 9.17) is 21.1 Å². The average Bonchev–Trinajstić information content (AvgIpc) is 3.26. The number of aromatic nitrogens is 4. The minimum atomic E-state index is -4.61. The number of benzene rings is 1. The van der Waals surface area contributed by atoms with Crippen molar-refractivity contribution in [2.45, 2.75) is 18.7 Å². The Morgan fingerprint density at radius 1 is 1.12 bits per heavy atom. The van der Waals surface area contributed by atoms with Crippen LogP contribution in [0, 0.1) is 0 Å². The van der Waals surface area contributed by atoms with Crippen LogP contribution < -0.4 is 9.47 Å². The first-order valence-electron chi connectivity index (χ1n) is 10.1. The van der Waals surface area contributed by atoms with E-state index in [2.05, 4.69) is 15.0 Å². The van der Waals surface area contributed by atoms with Gasteiger partial charge in [0.15, 0.2) is 5.60 Å². The molecule has 0 unspecified atom stereocenters. The first kappa shape index (κ1) is 23.8. The van der Waals surface area contributed by atoms with Gasteiger partial charge in [0.25, 0.3) is 5.88 Å². The summed E-state index contributed by atoms with van der Waals surface area (Å²) in [4.78, 5) is 12.0. The third-order valence-corrected chi connectivity index (χ3v) is 5.78. The molecule has 1 N–H and O–H groups in total. The zero-order valence-corrected chi connectivity index (χ0v) is 19.1. The van der Waals surface area contributed by atoms with Gasteiger partial charge in [0.2, 0.25) is 5.75 Å². The number of alkyl halides is 3. The number of fused-ring (bicyclic) bond motifs is 1. The van der Waals surface area contributed by atoms with E-state index >= 15 is 0 Å². The van der Waals surface area contributed by atoms with Crippen molar-refractivity contribution in [1.82, 2.24) is 19.5 Å². The summed E-state index contributed by atoms with van der Waals surface area (Å²) in [5, 5.41) is 12.7. The number of rotatable bonds is 6. The lowest BCUT2D eigenvalue weighted by Crippen LogP contribution is -2.31. The van der Waals surface area contributed by atoms with Gasteiger partial charge in [0.05, 0.1) is 42.5 Å². The van der Waals surface area contributed by atoms with Gasteiger partial charge in [0, 0.05) is 24.2 Å². The first-order valence-corrected chi connectivity index (χ1v) is 10.5. The van der Waals surface area contributed by atoms with E-state index in [0.29, 0.717) is 28.8 Å². The minimum absolute atomic E-state index is 0.117. The van der Waals surface area contributed by atoms with Crippen LogP contribution in [0.4, 0.5) is 13.2 Å². The lowest BCUT2D eigenvalue weighted by atomic mass is 9.83. The van der Waals surface area contributed by atoms with E-state index < -0.39 is 17.5 Å². The highest BCUT2D eigenvalue weighted by Crippen LogP contribution is 2.43. The second kappa shape index (κ2) is 8.77. The molecule has 178 valence electrons. The number of halogens is 4. The summed E-state index contributed by atoms with van der Waals surface area (Å²) in [5.74, 6) is 0.456. The first-order chi connectivity index (χ1) is 16.1. The van der Waals surface area contributed by atoms with Crippen molar-refractivity contribution in [3.63, 3.8) is 0 Å². The van der Waals surface area contributed by atoms with E-state index in [1.54, 1.807) is 36.7 Å². The number of pyridine rings is 2. The van der Waals surface area contributed by atoms with Crippen LogP contribution in [0.1, 0.15) is 29.4 Å². The van der Waals surface area contributed by atoms with Gasteiger partial charge < -0.3 is 19.1 Å². The summed E-state index contributed by atoms with van der Waals surface area (Å²) in [6.07, 6.45) is -0.702. The molecular formula is C23H20ClF3N4O3. The number of hydrogen-bond donors (Lipinski definition) is 1. The van der Waals surface area contributed by atoms with Crippen LogP contribution in [0.25, 0.3) is 10.9 Å². The molecule has 0 aliphatic rings. The van der Waals surface area contributed by atoms with Gasteiger partial charge >= 0.3 is 6.18 Å². The molecule has 0 aliphatic carbocycles. The lowest BCUT2D eigenvalue weighted by Gasteiger charge is -2.30. The van der Waals surface area contributed by atoms with Gasteiger partial charge in [-0.2, -0.15) is 13.2 Å². The lowest BCUT2D eigenvalue weighted by molar-refractivity contribution is -0.141. The number of aliphatic hydroxyl groups is 1. The second-order valence-corrected chi connectivity index (χ2v) is 7.84. The Bertz CT molecular complexity index is 1340. The Balaban J connectivity index is 1.96. The number of ether oxygens (including phenoxy) is 2. The molecule has 0 saturated carbocycles. The third-order valence-electron chi connectivity index (χ3n) is 5.41. The second-order valence-electron chi connectivity index (χ2n) is 7.46. The summed E-state index contributed by atoms with van der Waals surface area (Å²) in [6, 6.07) is 6.86. The molecule has 0 aliphatic heterocycles. The van der Waals surface area contributed by atoms with Gasteiger partial charge in [-0.05, 0) is 30.7 Å². The van der Waals surface area contributed by atoms with Gasteiger partial charge in [-0.15, -0.1) is 0 Å². The summed E-state index contributed by atoms with van der Waals surface area (Å²) < 4.78 is 51.7. The molecule has 7 nitrogen and oxygen atoms in total. The molecule has 0 amide bonds. The zero-order valence-electron chi connectivity index (χ0n) is 18.4. The predicted octanol–water partition coefficient (Wildman–Crippen LogP) is 4.73. The molecule has 3 aromatic heterocycles. The van der Waals surface area contributed by atoms with Crippen LogP contribution in [0.5, 0.6) is 11.6 Å². The maximum Gasteiger partial charge on any atom is 0.433 e. The van der Waals surface area contributed by atoms with E-state index in [0.717, 1.165) is 12.3 Å². The highest BCUT2D eigenvalue weighted by Gasteiger charge is 2.39. The fraction of sp³-hybridized carbons (Fsp3) is 0.261. The molecule has 4 rings (SSSR count). The monoisotopic (exact) mass is 492 g/mol. The average molecular weight is 493 g/mol. The van der Waals surface area contributed by atoms with E-state index in [1.165, 1.54) is 25.7 Å². The zero-order chi connectivity index (χ0) is 24.7. The standard InChI is InChI=1S/C23H20ClF3N4O3/c1-4-34-20-19(24)15-9-13(5-7-16(15)30-21(20)33-3)22(32,18-11-28-12-31(18)2)14-6-8-17(29-10-14)23(25,26)27/h5-12,32H,4H2,1-3H3/t22-/m0/s1. The van der Waals surface area contributed by atoms with Gasteiger partial charge in [-0.3, -0.25) is 4.98 Å². The summed E-state index contributed by atoms with van der Waals surface area (Å²) in [5.41, 5.74) is -1.73. The van der Waals surface area contributed by atoms with Crippen LogP contribution in [0.3, 0.4) is 0 Å². The van der Waals surface area contributed by atoms with Crippen molar-refractivity contribution in [3.8, 4) is 11.6 Å². The number of nitrogens with zero attached hydrogens (tertiary/aromatic N) is 4. The molecule has 11 heteroatoms. The Labute approximate surface area is 197 Å². The smallest absolute Gasteiger partial charge is 0.433 e. The Hall–Kier alpha value is -3.37. The number of imidazole rings is 1. The predicted molar refractivity (Wildman–Crippen MR) is 119 cm³/mol. The third kappa shape index (κ3) is 3.92. The van der Waals surface area contributed by atoms with Crippen LogP contribution in [-0.4, -0.2) is 38.3 Å². The highest BCUT2D eigenvalue weighted by molar-refractivity contribution is 6.37. The minimum Gasteiger partial charge on any atom is -0.487 e. The summed E-state index contributed by atoms with van der Waals surface area (Å²) in [7, 11) is 3.11. The number of hydrogen-bond acceptors (Lipinski definition) is 6. The number of aryl methyl sites for hydroxylation is 1. The molecule has 34 heavy (non-hydrogen) atoms. The SMILES string of the molecule is CCOc1c(OC)nc2ccc([C@](O)(c3ccc(C(F)(F)F)nc3)c3cncn3C)cc2c1Cl. The maximum atomic E-state index is 13.1. The molecule has 1 aromatic carbocycles.